The SMILES string of the molecule is CN(C[C@@H](O)[C@H](O)[C@@H](O)[C@@H](O)CO)C(=O)NCCCCCc1cc(Cl)c(CNC2(c3cnccc3-c3ccccc3OC3CC3)CC2)cc1Cl. The number of para-hydroxylation sites is 1. The van der Waals surface area contributed by atoms with Crippen LogP contribution in [-0.2, 0) is 18.5 Å². The number of amides is 2. The zero-order chi connectivity index (χ0) is 35.8. The van der Waals surface area contributed by atoms with Gasteiger partial charge >= 0.3 is 6.03 Å². The molecule has 11 nitrogen and oxygen atoms in total. The average Bonchev–Trinajstić information content (AvgIpc) is 4.07. The van der Waals surface area contributed by atoms with Crippen molar-refractivity contribution in [1.82, 2.24) is 20.5 Å². The predicted octanol–water partition coefficient (Wildman–Crippen LogP) is 4.17. The Balaban J connectivity index is 1.07. The molecule has 0 unspecified atom stereocenters. The molecule has 0 bridgehead atoms. The van der Waals surface area contributed by atoms with Gasteiger partial charge in [0.1, 0.15) is 30.2 Å². The number of aliphatic hydroxyl groups excluding tert-OH is 5. The van der Waals surface area contributed by atoms with Crippen molar-refractivity contribution in [3.8, 4) is 16.9 Å². The van der Waals surface area contributed by atoms with E-state index in [1.165, 1.54) is 11.9 Å². The van der Waals surface area contributed by atoms with E-state index < -0.39 is 37.1 Å². The molecule has 0 aliphatic heterocycles. The van der Waals surface area contributed by atoms with Crippen LogP contribution >= 0.6 is 23.2 Å². The van der Waals surface area contributed by atoms with E-state index in [4.69, 9.17) is 33.0 Å². The van der Waals surface area contributed by atoms with E-state index in [0.717, 1.165) is 84.9 Å². The summed E-state index contributed by atoms with van der Waals surface area (Å²) >= 11 is 13.5. The van der Waals surface area contributed by atoms with Gasteiger partial charge in [0.25, 0.3) is 0 Å². The third kappa shape index (κ3) is 9.86. The highest BCUT2D eigenvalue weighted by Crippen LogP contribution is 2.50. The second kappa shape index (κ2) is 17.5. The minimum atomic E-state index is -1.75. The fourth-order valence-corrected chi connectivity index (χ4v) is 6.57. The molecule has 2 aliphatic carbocycles. The van der Waals surface area contributed by atoms with Crippen molar-refractivity contribution in [2.45, 2.75) is 94.0 Å². The van der Waals surface area contributed by atoms with Gasteiger partial charge in [-0.3, -0.25) is 4.98 Å². The normalized spacial score (nSPS) is 17.4. The van der Waals surface area contributed by atoms with Gasteiger partial charge in [-0.25, -0.2) is 4.79 Å². The first-order chi connectivity index (χ1) is 24.0. The fourth-order valence-electron chi connectivity index (χ4n) is 6.04. The monoisotopic (exact) mass is 730 g/mol. The van der Waals surface area contributed by atoms with Crippen molar-refractivity contribution in [2.75, 3.05) is 26.7 Å². The lowest BCUT2D eigenvalue weighted by Crippen LogP contribution is -2.51. The van der Waals surface area contributed by atoms with Gasteiger partial charge in [0, 0.05) is 53.7 Å². The largest absolute Gasteiger partial charge is 0.490 e. The Morgan fingerprint density at radius 2 is 1.68 bits per heavy atom. The number of aliphatic hydroxyl groups is 5. The highest BCUT2D eigenvalue weighted by Gasteiger charge is 2.46. The minimum absolute atomic E-state index is 0.206. The van der Waals surface area contributed by atoms with Crippen molar-refractivity contribution in [1.29, 1.82) is 0 Å². The van der Waals surface area contributed by atoms with Gasteiger partial charge < -0.3 is 45.8 Å². The number of hydrogen-bond donors (Lipinski definition) is 7. The smallest absolute Gasteiger partial charge is 0.317 e. The number of nitrogens with one attached hydrogen (secondary N) is 2. The van der Waals surface area contributed by atoms with Crippen LogP contribution in [0.15, 0.2) is 54.9 Å². The minimum Gasteiger partial charge on any atom is -0.490 e. The number of aryl methyl sites for hydroxylation is 1. The number of halogens is 2. The van der Waals surface area contributed by atoms with Crippen LogP contribution in [0.3, 0.4) is 0 Å². The van der Waals surface area contributed by atoms with Gasteiger partial charge in [0.05, 0.1) is 19.3 Å². The van der Waals surface area contributed by atoms with Crippen molar-refractivity contribution >= 4 is 29.2 Å². The average molecular weight is 732 g/mol. The highest BCUT2D eigenvalue weighted by atomic mass is 35.5. The van der Waals surface area contributed by atoms with Crippen molar-refractivity contribution in [3.05, 3.63) is 81.6 Å². The second-order valence-corrected chi connectivity index (χ2v) is 14.2. The first kappa shape index (κ1) is 38.2. The lowest BCUT2D eigenvalue weighted by molar-refractivity contribution is -0.117. The molecule has 0 spiro atoms. The maximum Gasteiger partial charge on any atom is 0.317 e. The standard InChI is InChI=1S/C37H48Cl2N4O7/c1-43(21-31(45)34(47)35(48)32(46)22-44)36(49)41-15-6-2-3-7-23-17-30(39)24(18-29(23)38)19-42-37(13-14-37)28-20-40-16-12-26(28)27-8-4-5-9-33(27)50-25-10-11-25/h4-5,8-9,12,16-18,20,25,31-32,34-35,42,44-48H,2-3,6-7,10-11,13-15,19,21-22H2,1H3,(H,41,49)/t31-,32+,34+,35+/m1/s1. The molecule has 5 rings (SSSR count). The van der Waals surface area contributed by atoms with Crippen LogP contribution in [0.2, 0.25) is 10.0 Å². The Kier molecular flexibility index (Phi) is 13.4. The molecule has 13 heteroatoms. The number of nitrogens with zero attached hydrogens (tertiary/aromatic N) is 2. The van der Waals surface area contributed by atoms with Crippen LogP contribution in [0, 0.1) is 0 Å². The quantitative estimate of drug-likeness (QED) is 0.0897. The Hall–Kier alpha value is -3.00. The summed E-state index contributed by atoms with van der Waals surface area (Å²) < 4.78 is 6.24. The molecule has 3 aromatic rings. The number of likely N-dealkylation sites (N-methyl/N-ethyl adjacent to an activating group) is 1. The summed E-state index contributed by atoms with van der Waals surface area (Å²) in [4.78, 5) is 18.0. The number of rotatable bonds is 19. The maximum absolute atomic E-state index is 12.4. The molecular weight excluding hydrogens is 683 g/mol. The summed E-state index contributed by atoms with van der Waals surface area (Å²) in [6.45, 7) is -0.0799. The van der Waals surface area contributed by atoms with E-state index in [0.29, 0.717) is 29.2 Å². The zero-order valence-corrected chi connectivity index (χ0v) is 29.8. The van der Waals surface area contributed by atoms with Gasteiger partial charge in [-0.1, -0.05) is 47.8 Å². The van der Waals surface area contributed by atoms with Crippen LogP contribution in [0.1, 0.15) is 61.6 Å². The molecule has 2 amide bonds. The molecule has 1 heterocycles. The second-order valence-electron chi connectivity index (χ2n) is 13.4. The van der Waals surface area contributed by atoms with Crippen molar-refractivity contribution < 1.29 is 35.1 Å². The maximum atomic E-state index is 12.4. The number of unbranched alkanes of at least 4 members (excludes halogenated alkanes) is 2. The molecule has 2 aliphatic rings. The number of hydrogen-bond acceptors (Lipinski definition) is 9. The molecule has 4 atom stereocenters. The topological polar surface area (TPSA) is 168 Å². The number of carbonyl (C=O) groups excluding carboxylic acids is 1. The number of pyridine rings is 1. The predicted molar refractivity (Wildman–Crippen MR) is 192 cm³/mol. The van der Waals surface area contributed by atoms with E-state index in [2.05, 4.69) is 27.8 Å². The van der Waals surface area contributed by atoms with Gasteiger partial charge in [-0.2, -0.15) is 0 Å². The van der Waals surface area contributed by atoms with Crippen molar-refractivity contribution in [3.63, 3.8) is 0 Å². The van der Waals surface area contributed by atoms with Crippen LogP contribution in [0.5, 0.6) is 5.75 Å². The number of benzene rings is 2. The third-order valence-electron chi connectivity index (χ3n) is 9.45. The Bertz CT molecular complexity index is 1590. The van der Waals surface area contributed by atoms with Crippen LogP contribution in [0.4, 0.5) is 4.79 Å². The van der Waals surface area contributed by atoms with Gasteiger partial charge in [0.2, 0.25) is 0 Å². The van der Waals surface area contributed by atoms with Crippen LogP contribution in [-0.4, -0.2) is 98.7 Å². The fraction of sp³-hybridized carbons (Fsp3) is 0.514. The molecule has 272 valence electrons. The van der Waals surface area contributed by atoms with E-state index in [-0.39, 0.29) is 12.1 Å². The summed E-state index contributed by atoms with van der Waals surface area (Å²) in [7, 11) is 1.44. The number of aromatic nitrogens is 1. The molecule has 2 fully saturated rings. The van der Waals surface area contributed by atoms with Gasteiger partial charge in [-0.15, -0.1) is 0 Å². The molecule has 50 heavy (non-hydrogen) atoms. The van der Waals surface area contributed by atoms with Crippen molar-refractivity contribution in [2.24, 2.45) is 0 Å². The summed E-state index contributed by atoms with van der Waals surface area (Å²) in [5.74, 6) is 0.908. The number of carbonyl (C=O) groups is 1. The lowest BCUT2D eigenvalue weighted by Gasteiger charge is -2.28. The van der Waals surface area contributed by atoms with E-state index >= 15 is 0 Å². The van der Waals surface area contributed by atoms with E-state index in [1.54, 1.807) is 0 Å². The Labute approximate surface area is 303 Å². The van der Waals surface area contributed by atoms with E-state index in [9.17, 15) is 25.2 Å². The first-order valence-electron chi connectivity index (χ1n) is 17.3. The van der Waals surface area contributed by atoms with Gasteiger partial charge in [0.15, 0.2) is 0 Å². The van der Waals surface area contributed by atoms with E-state index in [1.807, 2.05) is 42.7 Å². The lowest BCUT2D eigenvalue weighted by atomic mass is 9.94. The molecule has 0 radical (unpaired) electrons. The number of urea groups is 1. The number of ether oxygens (including phenoxy) is 1. The molecule has 2 saturated carbocycles. The first-order valence-corrected chi connectivity index (χ1v) is 18.0. The van der Waals surface area contributed by atoms with Crippen LogP contribution in [0.25, 0.3) is 11.1 Å². The molecule has 1 aromatic heterocycles. The Morgan fingerprint density at radius 1 is 0.980 bits per heavy atom. The molecule has 2 aromatic carbocycles. The molecule has 0 saturated heterocycles. The third-order valence-corrected chi connectivity index (χ3v) is 10.2. The summed E-state index contributed by atoms with van der Waals surface area (Å²) in [5.41, 5.74) is 5.04. The summed E-state index contributed by atoms with van der Waals surface area (Å²) in [5, 5.41) is 56.0. The molecule has 7 N–H and O–H groups in total. The molecular formula is C37H48Cl2N4O7. The van der Waals surface area contributed by atoms with Crippen LogP contribution < -0.4 is 15.4 Å². The highest BCUT2D eigenvalue weighted by molar-refractivity contribution is 6.34. The summed E-state index contributed by atoms with van der Waals surface area (Å²) in [6.07, 6.45) is 4.81. The Morgan fingerprint density at radius 3 is 2.40 bits per heavy atom. The summed E-state index contributed by atoms with van der Waals surface area (Å²) in [6, 6.07) is 13.7. The van der Waals surface area contributed by atoms with Gasteiger partial charge in [-0.05, 0) is 91.5 Å². The zero-order valence-electron chi connectivity index (χ0n) is 28.3.